The fourth-order valence-corrected chi connectivity index (χ4v) is 5.64. The number of anilines is 1. The summed E-state index contributed by atoms with van der Waals surface area (Å²) in [5, 5.41) is 2.32. The third kappa shape index (κ3) is 8.07. The lowest BCUT2D eigenvalue weighted by Gasteiger charge is -2.33. The summed E-state index contributed by atoms with van der Waals surface area (Å²) in [6, 6.07) is 6.73. The fourth-order valence-electron chi connectivity index (χ4n) is 4.57. The number of amides is 2. The number of nitrogens with zero attached hydrogens (tertiary/aromatic N) is 2. The van der Waals surface area contributed by atoms with E-state index in [1.165, 1.54) is 29.2 Å². The second-order valence-corrected chi connectivity index (χ2v) is 11.8. The lowest BCUT2D eigenvalue weighted by Crippen LogP contribution is -2.53. The number of hydrogen-bond donors (Lipinski definition) is 1. The Morgan fingerprint density at radius 3 is 2.26 bits per heavy atom. The molecule has 1 aliphatic carbocycles. The monoisotopic (exact) mass is 591 g/mol. The topological polar surface area (TPSA) is 86.8 Å². The normalized spacial score (nSPS) is 15.2. The molecule has 2 aromatic carbocycles. The van der Waals surface area contributed by atoms with Crippen molar-refractivity contribution in [3.05, 3.63) is 64.4 Å². The van der Waals surface area contributed by atoms with Gasteiger partial charge in [0.1, 0.15) is 18.4 Å². The molecule has 0 bridgehead atoms. The minimum atomic E-state index is -4.86. The van der Waals surface area contributed by atoms with Crippen molar-refractivity contribution in [3.63, 3.8) is 0 Å². The lowest BCUT2D eigenvalue weighted by atomic mass is 10.1. The highest BCUT2D eigenvalue weighted by Crippen LogP contribution is 2.37. The van der Waals surface area contributed by atoms with Gasteiger partial charge in [0.15, 0.2) is 0 Å². The molecule has 1 saturated carbocycles. The van der Waals surface area contributed by atoms with Crippen LogP contribution in [0.25, 0.3) is 0 Å². The van der Waals surface area contributed by atoms with Crippen LogP contribution >= 0.6 is 11.6 Å². The van der Waals surface area contributed by atoms with Gasteiger partial charge in [-0.3, -0.25) is 13.9 Å². The Hall–Kier alpha value is -2.86. The molecule has 0 spiro atoms. The van der Waals surface area contributed by atoms with Crippen molar-refractivity contribution in [3.8, 4) is 0 Å². The van der Waals surface area contributed by atoms with Crippen LogP contribution in [-0.2, 0) is 32.3 Å². The van der Waals surface area contributed by atoms with Gasteiger partial charge in [-0.05, 0) is 55.2 Å². The Bertz CT molecular complexity index is 1280. The Balaban J connectivity index is 1.97. The molecule has 7 nitrogen and oxygen atoms in total. The number of alkyl halides is 3. The van der Waals surface area contributed by atoms with Crippen LogP contribution in [0.3, 0.4) is 0 Å². The smallest absolute Gasteiger partial charge is 0.352 e. The minimum Gasteiger partial charge on any atom is -0.352 e. The lowest BCUT2D eigenvalue weighted by molar-refractivity contribution is -0.140. The number of halogens is 5. The van der Waals surface area contributed by atoms with Crippen LogP contribution < -0.4 is 9.62 Å². The zero-order valence-corrected chi connectivity index (χ0v) is 23.0. The van der Waals surface area contributed by atoms with Gasteiger partial charge in [-0.25, -0.2) is 12.8 Å². The molecular formula is C26H30ClF4N3O4S. The Morgan fingerprint density at radius 2 is 1.72 bits per heavy atom. The molecular weight excluding hydrogens is 562 g/mol. The van der Waals surface area contributed by atoms with Crippen molar-refractivity contribution < 1.29 is 35.6 Å². The zero-order valence-electron chi connectivity index (χ0n) is 21.5. The molecule has 3 rings (SSSR count). The summed E-state index contributed by atoms with van der Waals surface area (Å²) < 4.78 is 79.7. The summed E-state index contributed by atoms with van der Waals surface area (Å²) in [6.07, 6.45) is -0.392. The van der Waals surface area contributed by atoms with Crippen LogP contribution in [0.2, 0.25) is 5.02 Å². The molecule has 0 unspecified atom stereocenters. The highest BCUT2D eigenvalue weighted by molar-refractivity contribution is 7.92. The second-order valence-electron chi connectivity index (χ2n) is 9.49. The largest absolute Gasteiger partial charge is 0.417 e. The van der Waals surface area contributed by atoms with Crippen molar-refractivity contribution in [2.75, 3.05) is 17.1 Å². The van der Waals surface area contributed by atoms with Gasteiger partial charge in [-0.2, -0.15) is 13.2 Å². The van der Waals surface area contributed by atoms with Gasteiger partial charge in [0.05, 0.1) is 22.5 Å². The van der Waals surface area contributed by atoms with Gasteiger partial charge >= 0.3 is 6.18 Å². The van der Waals surface area contributed by atoms with E-state index in [-0.39, 0.29) is 19.0 Å². The van der Waals surface area contributed by atoms with Crippen LogP contribution in [-0.4, -0.2) is 50.0 Å². The summed E-state index contributed by atoms with van der Waals surface area (Å²) in [7, 11) is -4.25. The van der Waals surface area contributed by atoms with E-state index in [4.69, 9.17) is 11.6 Å². The molecule has 1 fully saturated rings. The molecule has 13 heteroatoms. The van der Waals surface area contributed by atoms with E-state index in [2.05, 4.69) is 5.32 Å². The maximum Gasteiger partial charge on any atom is 0.417 e. The Labute approximate surface area is 230 Å². The number of nitrogens with one attached hydrogen (secondary N) is 1. The SMILES string of the molecule is CC[C@@H](C(=O)NC1CCCC1)N(Cc1ccc(F)cc1)C(=O)CN(c1ccc(Cl)c(C(F)(F)F)c1)S(C)(=O)=O. The first-order chi connectivity index (χ1) is 18.2. The molecule has 0 heterocycles. The highest BCUT2D eigenvalue weighted by atomic mass is 35.5. The number of hydrogen-bond acceptors (Lipinski definition) is 4. The van der Waals surface area contributed by atoms with Gasteiger partial charge in [-0.1, -0.05) is 43.5 Å². The van der Waals surface area contributed by atoms with Crippen LogP contribution in [0.5, 0.6) is 0 Å². The standard InChI is InChI=1S/C26H30ClF4N3O4S/c1-3-23(25(36)32-19-6-4-5-7-19)33(15-17-8-10-18(28)11-9-17)24(35)16-34(39(2,37)38)20-12-13-22(27)21(14-20)26(29,30)31/h8-14,19,23H,3-7,15-16H2,1-2H3,(H,32,36)/t23-/m0/s1. The number of rotatable bonds is 10. The molecule has 1 aliphatic rings. The molecule has 0 aromatic heterocycles. The Kier molecular flexibility index (Phi) is 9.87. The van der Waals surface area contributed by atoms with Gasteiger partial charge < -0.3 is 10.2 Å². The van der Waals surface area contributed by atoms with E-state index < -0.39 is 62.7 Å². The third-order valence-corrected chi connectivity index (χ3v) is 8.05. The van der Waals surface area contributed by atoms with Gasteiger partial charge in [0, 0.05) is 12.6 Å². The van der Waals surface area contributed by atoms with E-state index in [1.54, 1.807) is 6.92 Å². The molecule has 2 aromatic rings. The number of benzene rings is 2. The number of carbonyl (C=O) groups excluding carboxylic acids is 2. The molecule has 39 heavy (non-hydrogen) atoms. The molecule has 0 aliphatic heterocycles. The molecule has 1 atom stereocenters. The second kappa shape index (κ2) is 12.5. The summed E-state index contributed by atoms with van der Waals surface area (Å²) in [5.41, 5.74) is -1.19. The molecule has 1 N–H and O–H groups in total. The number of sulfonamides is 1. The predicted molar refractivity (Wildman–Crippen MR) is 140 cm³/mol. The maximum absolute atomic E-state index is 13.7. The van der Waals surface area contributed by atoms with Gasteiger partial charge in [0.25, 0.3) is 0 Å². The quantitative estimate of drug-likeness (QED) is 0.388. The summed E-state index contributed by atoms with van der Waals surface area (Å²) in [4.78, 5) is 28.1. The molecule has 214 valence electrons. The van der Waals surface area contributed by atoms with E-state index in [9.17, 15) is 35.6 Å². The first kappa shape index (κ1) is 30.7. The van der Waals surface area contributed by atoms with Crippen LogP contribution in [0.1, 0.15) is 50.2 Å². The average Bonchev–Trinajstić information content (AvgIpc) is 3.35. The fraction of sp³-hybridized carbons (Fsp3) is 0.462. The minimum absolute atomic E-state index is 0.0447. The summed E-state index contributed by atoms with van der Waals surface area (Å²) in [5.74, 6) is -1.74. The number of carbonyl (C=O) groups is 2. The van der Waals surface area contributed by atoms with Gasteiger partial charge in [-0.15, -0.1) is 0 Å². The molecule has 0 radical (unpaired) electrons. The first-order valence-corrected chi connectivity index (χ1v) is 14.6. The predicted octanol–water partition coefficient (Wildman–Crippen LogP) is 5.13. The van der Waals surface area contributed by atoms with Crippen LogP contribution in [0, 0.1) is 5.82 Å². The van der Waals surface area contributed by atoms with Crippen LogP contribution in [0.15, 0.2) is 42.5 Å². The average molecular weight is 592 g/mol. The van der Waals surface area contributed by atoms with Crippen molar-refractivity contribution in [1.82, 2.24) is 10.2 Å². The van der Waals surface area contributed by atoms with Crippen LogP contribution in [0.4, 0.5) is 23.2 Å². The van der Waals surface area contributed by atoms with Crippen molar-refractivity contribution in [2.24, 2.45) is 0 Å². The van der Waals surface area contributed by atoms with E-state index in [0.717, 1.165) is 44.1 Å². The van der Waals surface area contributed by atoms with Crippen molar-refractivity contribution >= 4 is 39.1 Å². The third-order valence-electron chi connectivity index (χ3n) is 6.58. The van der Waals surface area contributed by atoms with E-state index >= 15 is 0 Å². The van der Waals surface area contributed by atoms with E-state index in [1.807, 2.05) is 0 Å². The van der Waals surface area contributed by atoms with Crippen molar-refractivity contribution in [1.29, 1.82) is 0 Å². The van der Waals surface area contributed by atoms with E-state index in [0.29, 0.717) is 15.9 Å². The summed E-state index contributed by atoms with van der Waals surface area (Å²) in [6.45, 7) is 0.668. The van der Waals surface area contributed by atoms with Crippen molar-refractivity contribution in [2.45, 2.75) is 63.8 Å². The Morgan fingerprint density at radius 1 is 1.10 bits per heavy atom. The molecule has 0 saturated heterocycles. The first-order valence-electron chi connectivity index (χ1n) is 12.4. The zero-order chi connectivity index (χ0) is 29.0. The maximum atomic E-state index is 13.7. The summed E-state index contributed by atoms with van der Waals surface area (Å²) >= 11 is 5.69. The highest BCUT2D eigenvalue weighted by Gasteiger charge is 2.36. The van der Waals surface area contributed by atoms with Gasteiger partial charge in [0.2, 0.25) is 21.8 Å². The molecule has 2 amide bonds.